The maximum absolute atomic E-state index is 12.7. The molecule has 1 heterocycles. The lowest BCUT2D eigenvalue weighted by Crippen LogP contribution is -2.51. The van der Waals surface area contributed by atoms with Crippen molar-refractivity contribution in [2.24, 2.45) is 11.7 Å². The molecule has 1 saturated heterocycles. The first-order valence-corrected chi connectivity index (χ1v) is 9.64. The number of carboxylic acid groups (broad SMARTS) is 2. The number of piperidine rings is 1. The number of nitrogens with two attached hydrogens (primary N) is 1. The van der Waals surface area contributed by atoms with E-state index < -0.39 is 17.4 Å². The molecule has 7 nitrogen and oxygen atoms in total. The Hall–Kier alpha value is -3.45. The third-order valence-corrected chi connectivity index (χ3v) is 5.17. The van der Waals surface area contributed by atoms with Gasteiger partial charge in [0.1, 0.15) is 5.41 Å². The van der Waals surface area contributed by atoms with Gasteiger partial charge in [-0.2, -0.15) is 0 Å². The molecule has 158 valence electrons. The second-order valence-corrected chi connectivity index (χ2v) is 6.94. The molecule has 30 heavy (non-hydrogen) atoms. The lowest BCUT2D eigenvalue weighted by atomic mass is 9.62. The molecule has 0 aliphatic carbocycles. The van der Waals surface area contributed by atoms with E-state index in [0.29, 0.717) is 12.2 Å². The molecule has 1 fully saturated rings. The number of nitrogens with one attached hydrogen (secondary N) is 1. The summed E-state index contributed by atoms with van der Waals surface area (Å²) >= 11 is 0. The molecule has 0 unspecified atom stereocenters. The first-order valence-electron chi connectivity index (χ1n) is 9.64. The van der Waals surface area contributed by atoms with E-state index in [2.05, 4.69) is 5.32 Å². The average molecular weight is 410 g/mol. The minimum atomic E-state index is -1.26. The summed E-state index contributed by atoms with van der Waals surface area (Å²) in [6.45, 7) is 1.86. The van der Waals surface area contributed by atoms with Gasteiger partial charge in [0.25, 0.3) is 0 Å². The Bertz CT molecular complexity index is 819. The Kier molecular flexibility index (Phi) is 8.31. The second kappa shape index (κ2) is 10.9. The predicted molar refractivity (Wildman–Crippen MR) is 113 cm³/mol. The summed E-state index contributed by atoms with van der Waals surface area (Å²) in [4.78, 5) is 31.8. The van der Waals surface area contributed by atoms with Gasteiger partial charge in [-0.1, -0.05) is 60.7 Å². The van der Waals surface area contributed by atoms with Crippen molar-refractivity contribution >= 4 is 17.8 Å². The van der Waals surface area contributed by atoms with Gasteiger partial charge in [-0.3, -0.25) is 4.79 Å². The molecule has 1 aliphatic rings. The number of carboxylic acids is 2. The zero-order valence-electron chi connectivity index (χ0n) is 16.5. The fraction of sp³-hybridized carbons (Fsp3) is 0.261. The highest BCUT2D eigenvalue weighted by molar-refractivity contribution is 5.91. The van der Waals surface area contributed by atoms with E-state index in [0.717, 1.165) is 37.1 Å². The van der Waals surface area contributed by atoms with Crippen molar-refractivity contribution in [3.63, 3.8) is 0 Å². The molecule has 0 atom stereocenters. The summed E-state index contributed by atoms with van der Waals surface area (Å²) in [6, 6.07) is 20.0. The van der Waals surface area contributed by atoms with Crippen molar-refractivity contribution in [2.45, 2.75) is 18.3 Å². The van der Waals surface area contributed by atoms with Gasteiger partial charge in [-0.05, 0) is 43.0 Å². The molecule has 5 N–H and O–H groups in total. The summed E-state index contributed by atoms with van der Waals surface area (Å²) in [5.74, 6) is -2.55. The number of benzene rings is 2. The van der Waals surface area contributed by atoms with Gasteiger partial charge in [-0.25, -0.2) is 9.59 Å². The van der Waals surface area contributed by atoms with Crippen LogP contribution in [0.2, 0.25) is 0 Å². The van der Waals surface area contributed by atoms with Crippen LogP contribution in [0.4, 0.5) is 0 Å². The number of hydrogen-bond acceptors (Lipinski definition) is 4. The Morgan fingerprint density at radius 2 is 1.23 bits per heavy atom. The van der Waals surface area contributed by atoms with Crippen LogP contribution < -0.4 is 11.1 Å². The van der Waals surface area contributed by atoms with Crippen LogP contribution in [-0.4, -0.2) is 41.1 Å². The summed E-state index contributed by atoms with van der Waals surface area (Å²) in [6.07, 6.45) is 3.02. The maximum Gasteiger partial charge on any atom is 0.328 e. The molecule has 0 saturated carbocycles. The largest absolute Gasteiger partial charge is 0.478 e. The Morgan fingerprint density at radius 1 is 0.833 bits per heavy atom. The molecule has 1 aliphatic heterocycles. The first kappa shape index (κ1) is 22.8. The first-order chi connectivity index (χ1) is 14.4. The van der Waals surface area contributed by atoms with Crippen LogP contribution in [0.5, 0.6) is 0 Å². The monoisotopic (exact) mass is 410 g/mol. The standard InChI is InChI=1S/C19H22N2O.C4H4O4/c20-18(22)19(15-7-3-1-4-8-15,16-9-5-2-6-10-16)17-11-13-21-14-12-17;5-3(6)1-2-4(7)8/h1-10,17,21H,11-14H2,(H2,20,22);1-2H,(H,5,6)(H,7,8)/b;2-1+. The van der Waals surface area contributed by atoms with Crippen molar-refractivity contribution < 1.29 is 24.6 Å². The van der Waals surface area contributed by atoms with E-state index in [4.69, 9.17) is 15.9 Å². The number of primary amides is 1. The van der Waals surface area contributed by atoms with E-state index in [-0.39, 0.29) is 11.8 Å². The lowest BCUT2D eigenvalue weighted by Gasteiger charge is -2.41. The number of aliphatic carboxylic acids is 2. The highest BCUT2D eigenvalue weighted by Gasteiger charge is 2.47. The topological polar surface area (TPSA) is 130 Å². The second-order valence-electron chi connectivity index (χ2n) is 6.94. The molecular weight excluding hydrogens is 384 g/mol. The summed E-state index contributed by atoms with van der Waals surface area (Å²) < 4.78 is 0. The smallest absolute Gasteiger partial charge is 0.328 e. The van der Waals surface area contributed by atoms with Crippen LogP contribution in [0.25, 0.3) is 0 Å². The average Bonchev–Trinajstić information content (AvgIpc) is 2.75. The van der Waals surface area contributed by atoms with E-state index in [1.807, 2.05) is 60.7 Å². The van der Waals surface area contributed by atoms with Crippen LogP contribution in [0.3, 0.4) is 0 Å². The lowest BCUT2D eigenvalue weighted by molar-refractivity contribution is -0.134. The maximum atomic E-state index is 12.7. The fourth-order valence-corrected chi connectivity index (χ4v) is 3.92. The van der Waals surface area contributed by atoms with E-state index in [1.165, 1.54) is 0 Å². The number of carbonyl (C=O) groups is 3. The van der Waals surface area contributed by atoms with Gasteiger partial charge >= 0.3 is 11.9 Å². The predicted octanol–water partition coefficient (Wildman–Crippen LogP) is 2.17. The van der Waals surface area contributed by atoms with Gasteiger partial charge in [0.15, 0.2) is 0 Å². The highest BCUT2D eigenvalue weighted by atomic mass is 16.4. The zero-order valence-corrected chi connectivity index (χ0v) is 16.5. The molecular formula is C23H26N2O5. The Labute approximate surface area is 175 Å². The quantitative estimate of drug-likeness (QED) is 0.540. The summed E-state index contributed by atoms with van der Waals surface area (Å²) in [7, 11) is 0. The molecule has 2 aromatic carbocycles. The molecule has 2 aromatic rings. The van der Waals surface area contributed by atoms with Gasteiger partial charge in [0, 0.05) is 12.2 Å². The van der Waals surface area contributed by atoms with Gasteiger partial charge in [0.05, 0.1) is 0 Å². The van der Waals surface area contributed by atoms with E-state index in [9.17, 15) is 14.4 Å². The van der Waals surface area contributed by atoms with Crippen LogP contribution in [0.15, 0.2) is 72.8 Å². The van der Waals surface area contributed by atoms with Gasteiger partial charge < -0.3 is 21.3 Å². The Balaban J connectivity index is 0.000000343. The van der Waals surface area contributed by atoms with Crippen LogP contribution >= 0.6 is 0 Å². The molecule has 0 radical (unpaired) electrons. The van der Waals surface area contributed by atoms with Crippen LogP contribution in [0, 0.1) is 5.92 Å². The third-order valence-electron chi connectivity index (χ3n) is 5.17. The summed E-state index contributed by atoms with van der Waals surface area (Å²) in [5, 5.41) is 19.0. The summed E-state index contributed by atoms with van der Waals surface area (Å²) in [5.41, 5.74) is 7.26. The van der Waals surface area contributed by atoms with E-state index in [1.54, 1.807) is 0 Å². The number of amides is 1. The normalized spacial score (nSPS) is 14.5. The molecule has 0 spiro atoms. The molecule has 0 bridgehead atoms. The third kappa shape index (κ3) is 5.55. The number of rotatable bonds is 6. The fourth-order valence-electron chi connectivity index (χ4n) is 3.92. The highest BCUT2D eigenvalue weighted by Crippen LogP contribution is 2.43. The van der Waals surface area contributed by atoms with Crippen molar-refractivity contribution in [2.75, 3.05) is 13.1 Å². The molecule has 7 heteroatoms. The minimum absolute atomic E-state index is 0.219. The number of hydrogen-bond donors (Lipinski definition) is 4. The zero-order chi connectivity index (χ0) is 22.0. The van der Waals surface area contributed by atoms with Gasteiger partial charge in [-0.15, -0.1) is 0 Å². The van der Waals surface area contributed by atoms with Crippen molar-refractivity contribution in [3.8, 4) is 0 Å². The minimum Gasteiger partial charge on any atom is -0.478 e. The van der Waals surface area contributed by atoms with Crippen LogP contribution in [-0.2, 0) is 19.8 Å². The SMILES string of the molecule is NC(=O)C(c1ccccc1)(c1ccccc1)C1CCNCC1.O=C(O)/C=C/C(=O)O. The Morgan fingerprint density at radius 3 is 1.57 bits per heavy atom. The molecule has 1 amide bonds. The van der Waals surface area contributed by atoms with Crippen molar-refractivity contribution in [3.05, 3.63) is 83.9 Å². The van der Waals surface area contributed by atoms with Crippen molar-refractivity contribution in [1.82, 2.24) is 5.32 Å². The van der Waals surface area contributed by atoms with Gasteiger partial charge in [0.2, 0.25) is 5.91 Å². The van der Waals surface area contributed by atoms with E-state index >= 15 is 0 Å². The molecule has 3 rings (SSSR count). The van der Waals surface area contributed by atoms with Crippen LogP contribution in [0.1, 0.15) is 24.0 Å². The van der Waals surface area contributed by atoms with Crippen molar-refractivity contribution in [1.29, 1.82) is 0 Å². The number of carbonyl (C=O) groups excluding carboxylic acids is 1. The molecule has 0 aromatic heterocycles.